The van der Waals surface area contributed by atoms with E-state index in [1.54, 1.807) is 0 Å². The summed E-state index contributed by atoms with van der Waals surface area (Å²) in [6.07, 6.45) is 0.963. The molecular weight excluding hydrogens is 285 g/mol. The minimum absolute atomic E-state index is 0.0442. The number of halogens is 1. The molecule has 0 atom stereocenters. The number of rotatable bonds is 5. The van der Waals surface area contributed by atoms with Gasteiger partial charge in [-0.2, -0.15) is 5.10 Å². The van der Waals surface area contributed by atoms with E-state index in [2.05, 4.69) is 17.3 Å². The van der Waals surface area contributed by atoms with E-state index in [1.807, 2.05) is 18.5 Å². The number of carbonyl (C=O) groups excluding carboxylic acids is 1. The lowest BCUT2D eigenvalue weighted by Gasteiger charge is -2.08. The Hall–Kier alpha value is -2.37. The van der Waals surface area contributed by atoms with Crippen molar-refractivity contribution in [3.05, 3.63) is 41.0 Å². The summed E-state index contributed by atoms with van der Waals surface area (Å²) in [5.74, 6) is -0.773. The number of ether oxygens (including phenoxy) is 1. The predicted octanol–water partition coefficient (Wildman–Crippen LogP) is 3.31. The van der Waals surface area contributed by atoms with Gasteiger partial charge in [0.15, 0.2) is 11.6 Å². The normalized spacial score (nSPS) is 10.6. The number of hydrogen-bond donors (Lipinski definition) is 1. The van der Waals surface area contributed by atoms with Gasteiger partial charge in [-0.05, 0) is 38.5 Å². The largest absolute Gasteiger partial charge is 0.494 e. The lowest BCUT2D eigenvalue weighted by Crippen LogP contribution is -2.13. The van der Waals surface area contributed by atoms with Gasteiger partial charge in [-0.25, -0.2) is 4.39 Å². The van der Waals surface area contributed by atoms with E-state index in [9.17, 15) is 9.18 Å². The van der Waals surface area contributed by atoms with Gasteiger partial charge in [0.1, 0.15) is 0 Å². The van der Waals surface area contributed by atoms with Gasteiger partial charge in [-0.15, -0.1) is 0 Å². The summed E-state index contributed by atoms with van der Waals surface area (Å²) >= 11 is 0. The van der Waals surface area contributed by atoms with Crippen molar-refractivity contribution in [2.75, 3.05) is 12.4 Å². The topological polar surface area (TPSA) is 56.2 Å². The number of aryl methyl sites for hydroxylation is 2. The number of anilines is 1. The van der Waals surface area contributed by atoms with E-state index >= 15 is 0 Å². The number of aromatic nitrogens is 2. The zero-order valence-electron chi connectivity index (χ0n) is 13.2. The summed E-state index contributed by atoms with van der Waals surface area (Å²) in [7, 11) is 1.36. The molecule has 1 amide bonds. The van der Waals surface area contributed by atoms with Gasteiger partial charge in [0, 0.05) is 12.1 Å². The van der Waals surface area contributed by atoms with Crippen LogP contribution in [-0.4, -0.2) is 22.8 Å². The van der Waals surface area contributed by atoms with Crippen molar-refractivity contribution in [1.82, 2.24) is 9.78 Å². The highest BCUT2D eigenvalue weighted by atomic mass is 19.1. The quantitative estimate of drug-likeness (QED) is 0.922. The maximum absolute atomic E-state index is 13.4. The summed E-state index contributed by atoms with van der Waals surface area (Å²) in [6.45, 7) is 6.63. The molecule has 118 valence electrons. The summed E-state index contributed by atoms with van der Waals surface area (Å²) in [5, 5.41) is 7.26. The molecule has 0 unspecified atom stereocenters. The number of hydrogen-bond acceptors (Lipinski definition) is 3. The maximum Gasteiger partial charge on any atom is 0.255 e. The highest BCUT2D eigenvalue weighted by Crippen LogP contribution is 2.22. The van der Waals surface area contributed by atoms with Gasteiger partial charge in [-0.1, -0.05) is 6.92 Å². The molecule has 0 radical (unpaired) electrons. The molecule has 0 bridgehead atoms. The third-order valence-electron chi connectivity index (χ3n) is 3.47. The molecule has 1 aromatic heterocycles. The summed E-state index contributed by atoms with van der Waals surface area (Å²) in [6, 6.07) is 4.02. The Balaban J connectivity index is 2.26. The van der Waals surface area contributed by atoms with Crippen molar-refractivity contribution >= 4 is 11.6 Å². The summed E-state index contributed by atoms with van der Waals surface area (Å²) < 4.78 is 20.2. The molecule has 0 spiro atoms. The fourth-order valence-electron chi connectivity index (χ4n) is 2.29. The van der Waals surface area contributed by atoms with Crippen LogP contribution in [0.3, 0.4) is 0 Å². The smallest absolute Gasteiger partial charge is 0.255 e. The van der Waals surface area contributed by atoms with Gasteiger partial charge in [-0.3, -0.25) is 9.48 Å². The van der Waals surface area contributed by atoms with Crippen LogP contribution in [0.2, 0.25) is 0 Å². The summed E-state index contributed by atoms with van der Waals surface area (Å²) in [5.41, 5.74) is 2.69. The molecule has 0 aliphatic rings. The molecule has 1 N–H and O–H groups in total. The lowest BCUT2D eigenvalue weighted by molar-refractivity contribution is 0.102. The first kappa shape index (κ1) is 16.0. The molecule has 6 heteroatoms. The number of carbonyl (C=O) groups is 1. The fourth-order valence-corrected chi connectivity index (χ4v) is 2.29. The van der Waals surface area contributed by atoms with Crippen molar-refractivity contribution < 1.29 is 13.9 Å². The van der Waals surface area contributed by atoms with Gasteiger partial charge in [0.2, 0.25) is 0 Å². The Bertz CT molecular complexity index is 695. The Labute approximate surface area is 129 Å². The molecule has 0 saturated carbocycles. The molecule has 0 aliphatic heterocycles. The van der Waals surface area contributed by atoms with E-state index in [0.717, 1.165) is 24.4 Å². The molecule has 0 fully saturated rings. The fraction of sp³-hybridized carbons (Fsp3) is 0.375. The maximum atomic E-state index is 13.4. The Morgan fingerprint density at radius 3 is 2.77 bits per heavy atom. The number of nitrogens with one attached hydrogen (secondary N) is 1. The van der Waals surface area contributed by atoms with E-state index < -0.39 is 5.82 Å². The molecule has 1 aromatic carbocycles. The van der Waals surface area contributed by atoms with E-state index in [1.165, 1.54) is 25.3 Å². The van der Waals surface area contributed by atoms with Crippen LogP contribution in [0, 0.1) is 19.7 Å². The molecule has 0 aliphatic carbocycles. The first-order valence-corrected chi connectivity index (χ1v) is 7.16. The van der Waals surface area contributed by atoms with Crippen LogP contribution in [0.25, 0.3) is 0 Å². The standard InChI is InChI=1S/C16H20FN3O2/c1-5-8-20-11(3)15(10(2)19-20)18-16(21)12-6-7-13(17)14(9-12)22-4/h6-7,9H,5,8H2,1-4H3,(H,18,21). The molecule has 5 nitrogen and oxygen atoms in total. The van der Waals surface area contributed by atoms with Gasteiger partial charge in [0.05, 0.1) is 24.2 Å². The van der Waals surface area contributed by atoms with Crippen LogP contribution in [0.5, 0.6) is 5.75 Å². The SMILES string of the molecule is CCCn1nc(C)c(NC(=O)c2ccc(F)c(OC)c2)c1C. The molecule has 1 heterocycles. The van der Waals surface area contributed by atoms with Crippen molar-refractivity contribution in [2.24, 2.45) is 0 Å². The molecular formula is C16H20FN3O2. The van der Waals surface area contributed by atoms with E-state index in [0.29, 0.717) is 11.3 Å². The molecule has 0 saturated heterocycles. The third kappa shape index (κ3) is 3.10. The number of methoxy groups -OCH3 is 1. The van der Waals surface area contributed by atoms with Gasteiger partial charge >= 0.3 is 0 Å². The monoisotopic (exact) mass is 305 g/mol. The van der Waals surface area contributed by atoms with Crippen LogP contribution in [0.1, 0.15) is 35.1 Å². The van der Waals surface area contributed by atoms with Crippen LogP contribution in [-0.2, 0) is 6.54 Å². The van der Waals surface area contributed by atoms with Crippen LogP contribution < -0.4 is 10.1 Å². The molecule has 2 aromatic rings. The first-order valence-electron chi connectivity index (χ1n) is 7.16. The Morgan fingerprint density at radius 2 is 2.14 bits per heavy atom. The summed E-state index contributed by atoms with van der Waals surface area (Å²) in [4.78, 5) is 12.3. The van der Waals surface area contributed by atoms with Crippen molar-refractivity contribution in [1.29, 1.82) is 0 Å². The Kier molecular flexibility index (Phi) is 4.80. The van der Waals surface area contributed by atoms with Crippen molar-refractivity contribution in [3.8, 4) is 5.75 Å². The second kappa shape index (κ2) is 6.60. The number of amides is 1. The minimum atomic E-state index is -0.498. The van der Waals surface area contributed by atoms with Crippen molar-refractivity contribution in [3.63, 3.8) is 0 Å². The van der Waals surface area contributed by atoms with E-state index in [4.69, 9.17) is 4.74 Å². The van der Waals surface area contributed by atoms with Crippen LogP contribution in [0.15, 0.2) is 18.2 Å². The zero-order valence-corrected chi connectivity index (χ0v) is 13.2. The van der Waals surface area contributed by atoms with Gasteiger partial charge in [0.25, 0.3) is 5.91 Å². The predicted molar refractivity (Wildman–Crippen MR) is 82.9 cm³/mol. The number of nitrogens with zero attached hydrogens (tertiary/aromatic N) is 2. The highest BCUT2D eigenvalue weighted by molar-refractivity contribution is 6.05. The molecule has 22 heavy (non-hydrogen) atoms. The molecule has 2 rings (SSSR count). The third-order valence-corrected chi connectivity index (χ3v) is 3.47. The second-order valence-electron chi connectivity index (χ2n) is 5.07. The Morgan fingerprint density at radius 1 is 1.41 bits per heavy atom. The number of benzene rings is 1. The second-order valence-corrected chi connectivity index (χ2v) is 5.07. The van der Waals surface area contributed by atoms with Crippen LogP contribution >= 0.6 is 0 Å². The van der Waals surface area contributed by atoms with Crippen LogP contribution in [0.4, 0.5) is 10.1 Å². The minimum Gasteiger partial charge on any atom is -0.494 e. The zero-order chi connectivity index (χ0) is 16.3. The first-order chi connectivity index (χ1) is 10.5. The van der Waals surface area contributed by atoms with E-state index in [-0.39, 0.29) is 11.7 Å². The van der Waals surface area contributed by atoms with Gasteiger partial charge < -0.3 is 10.1 Å². The van der Waals surface area contributed by atoms with Crippen molar-refractivity contribution in [2.45, 2.75) is 33.7 Å². The lowest BCUT2D eigenvalue weighted by atomic mass is 10.2. The highest BCUT2D eigenvalue weighted by Gasteiger charge is 2.16. The average Bonchev–Trinajstić information content (AvgIpc) is 2.75. The average molecular weight is 305 g/mol.